The number of unbranched alkanes of at least 4 members (excludes halogenated alkanes) is 2. The number of para-hydroxylation sites is 1. The SMILES string of the molecule is CCCN1CC=C[C@H]2S[C@]34C=CCN(c5c(C)cccc5C)C(=O)C3N(CCCCCO)C(=O)[C@@H]4[C@H]2C1=O. The zero-order valence-corrected chi connectivity index (χ0v) is 23.5. The molecule has 0 aromatic heterocycles. The first-order valence-electron chi connectivity index (χ1n) is 14.0. The Morgan fingerprint density at radius 3 is 2.45 bits per heavy atom. The van der Waals surface area contributed by atoms with Gasteiger partial charge in [0.25, 0.3) is 5.91 Å². The third-order valence-electron chi connectivity index (χ3n) is 8.50. The summed E-state index contributed by atoms with van der Waals surface area (Å²) in [6.45, 7) is 8.31. The number of aryl methyl sites for hydroxylation is 2. The molecule has 1 aromatic carbocycles. The van der Waals surface area contributed by atoms with Gasteiger partial charge in [0.05, 0.1) is 16.6 Å². The number of anilines is 1. The van der Waals surface area contributed by atoms with E-state index < -0.39 is 22.6 Å². The minimum Gasteiger partial charge on any atom is -0.396 e. The number of likely N-dealkylation sites (tertiary alicyclic amines) is 1. The number of amides is 3. The van der Waals surface area contributed by atoms with E-state index in [1.807, 2.05) is 47.9 Å². The van der Waals surface area contributed by atoms with E-state index >= 15 is 0 Å². The van der Waals surface area contributed by atoms with Gasteiger partial charge < -0.3 is 19.8 Å². The van der Waals surface area contributed by atoms with Crippen molar-refractivity contribution < 1.29 is 19.5 Å². The Morgan fingerprint density at radius 1 is 0.974 bits per heavy atom. The van der Waals surface area contributed by atoms with Crippen molar-refractivity contribution in [3.05, 3.63) is 53.6 Å². The highest BCUT2D eigenvalue weighted by Crippen LogP contribution is 2.61. The molecule has 3 amide bonds. The molecule has 38 heavy (non-hydrogen) atoms. The molecule has 0 saturated carbocycles. The molecule has 1 unspecified atom stereocenters. The molecular formula is C30H39N3O4S. The van der Waals surface area contributed by atoms with Gasteiger partial charge in [0, 0.05) is 43.7 Å². The third kappa shape index (κ3) is 4.30. The van der Waals surface area contributed by atoms with Crippen molar-refractivity contribution in [3.8, 4) is 0 Å². The standard InChI is InChI=1S/C30H39N3O4S/c1-4-15-31-16-9-13-22-23(27(31)35)24-28(36)33(17-6-5-7-19-34)26-29(37)32(18-10-14-30(24,26)38-22)25-20(2)11-8-12-21(25)3/h8-14,22-24,26,34H,4-7,15-19H2,1-3H3/t22-,23+,24+,26?,30+/m1/s1. The summed E-state index contributed by atoms with van der Waals surface area (Å²) >= 11 is 1.64. The normalized spacial score (nSPS) is 30.4. The lowest BCUT2D eigenvalue weighted by molar-refractivity contribution is -0.142. The molecule has 5 rings (SSSR count). The fraction of sp³-hybridized carbons (Fsp3) is 0.567. The number of carbonyl (C=O) groups is 3. The van der Waals surface area contributed by atoms with E-state index in [-0.39, 0.29) is 29.6 Å². The maximum absolute atomic E-state index is 14.6. The molecule has 4 aliphatic heterocycles. The van der Waals surface area contributed by atoms with Gasteiger partial charge >= 0.3 is 0 Å². The number of hydrogen-bond acceptors (Lipinski definition) is 5. The van der Waals surface area contributed by atoms with E-state index in [0.29, 0.717) is 39.0 Å². The Hall–Kier alpha value is -2.58. The molecule has 5 atom stereocenters. The zero-order chi connectivity index (χ0) is 27.0. The lowest BCUT2D eigenvalue weighted by Gasteiger charge is -2.36. The number of carbonyl (C=O) groups excluding carboxylic acids is 3. The van der Waals surface area contributed by atoms with Gasteiger partial charge in [-0.15, -0.1) is 11.8 Å². The van der Waals surface area contributed by atoms with Gasteiger partial charge in [-0.2, -0.15) is 0 Å². The van der Waals surface area contributed by atoms with Gasteiger partial charge in [0.1, 0.15) is 6.04 Å². The van der Waals surface area contributed by atoms with Crippen molar-refractivity contribution >= 4 is 35.2 Å². The molecule has 0 aliphatic carbocycles. The molecule has 1 N–H and O–H groups in total. The first-order chi connectivity index (χ1) is 18.4. The van der Waals surface area contributed by atoms with Crippen molar-refractivity contribution in [1.29, 1.82) is 0 Å². The largest absolute Gasteiger partial charge is 0.396 e. The average Bonchev–Trinajstić information content (AvgIpc) is 3.20. The average molecular weight is 538 g/mol. The van der Waals surface area contributed by atoms with Crippen LogP contribution in [-0.4, -0.2) is 81.5 Å². The van der Waals surface area contributed by atoms with Crippen molar-refractivity contribution in [1.82, 2.24) is 9.80 Å². The van der Waals surface area contributed by atoms with Gasteiger partial charge in [-0.1, -0.05) is 49.4 Å². The summed E-state index contributed by atoms with van der Waals surface area (Å²) < 4.78 is -0.791. The van der Waals surface area contributed by atoms with Crippen molar-refractivity contribution in [3.63, 3.8) is 0 Å². The van der Waals surface area contributed by atoms with Crippen LogP contribution in [0.25, 0.3) is 0 Å². The zero-order valence-electron chi connectivity index (χ0n) is 22.6. The van der Waals surface area contributed by atoms with Crippen LogP contribution in [-0.2, 0) is 14.4 Å². The Bertz CT molecular complexity index is 1150. The van der Waals surface area contributed by atoms with E-state index in [4.69, 9.17) is 0 Å². The predicted octanol–water partition coefficient (Wildman–Crippen LogP) is 3.47. The molecule has 0 bridgehead atoms. The van der Waals surface area contributed by atoms with E-state index in [1.54, 1.807) is 16.7 Å². The first-order valence-corrected chi connectivity index (χ1v) is 14.8. The molecule has 8 heteroatoms. The van der Waals surface area contributed by atoms with Crippen LogP contribution in [0.2, 0.25) is 0 Å². The maximum Gasteiger partial charge on any atom is 0.251 e. The topological polar surface area (TPSA) is 81.2 Å². The highest BCUT2D eigenvalue weighted by atomic mass is 32.2. The van der Waals surface area contributed by atoms with E-state index in [9.17, 15) is 19.5 Å². The van der Waals surface area contributed by atoms with Gasteiger partial charge in [0.2, 0.25) is 11.8 Å². The van der Waals surface area contributed by atoms with Crippen LogP contribution in [0.5, 0.6) is 0 Å². The monoisotopic (exact) mass is 537 g/mol. The minimum absolute atomic E-state index is 0.0298. The highest BCUT2D eigenvalue weighted by Gasteiger charge is 2.71. The molecule has 4 aliphatic rings. The molecule has 7 nitrogen and oxygen atoms in total. The van der Waals surface area contributed by atoms with Gasteiger partial charge in [0.15, 0.2) is 0 Å². The Labute approximate surface area is 229 Å². The molecule has 4 heterocycles. The van der Waals surface area contributed by atoms with Crippen molar-refractivity contribution in [2.24, 2.45) is 11.8 Å². The van der Waals surface area contributed by atoms with Gasteiger partial charge in [-0.3, -0.25) is 14.4 Å². The summed E-state index contributed by atoms with van der Waals surface area (Å²) in [6, 6.07) is 5.36. The number of hydrogen-bond donors (Lipinski definition) is 1. The second-order valence-electron chi connectivity index (χ2n) is 11.0. The van der Waals surface area contributed by atoms with Crippen LogP contribution < -0.4 is 4.90 Å². The van der Waals surface area contributed by atoms with E-state index in [1.165, 1.54) is 0 Å². The fourth-order valence-corrected chi connectivity index (χ4v) is 8.91. The number of nitrogens with zero attached hydrogens (tertiary/aromatic N) is 3. The van der Waals surface area contributed by atoms with Gasteiger partial charge in [-0.05, 0) is 50.7 Å². The molecular weight excluding hydrogens is 498 g/mol. The number of aliphatic hydroxyl groups is 1. The molecule has 1 aromatic rings. The predicted molar refractivity (Wildman–Crippen MR) is 151 cm³/mol. The molecule has 2 saturated heterocycles. The quantitative estimate of drug-likeness (QED) is 0.406. The minimum atomic E-state index is -0.791. The lowest BCUT2D eigenvalue weighted by atomic mass is 9.78. The number of aliphatic hydroxyl groups excluding tert-OH is 1. The molecule has 204 valence electrons. The number of thioether (sulfide) groups is 1. The second kappa shape index (κ2) is 10.9. The Kier molecular flexibility index (Phi) is 7.74. The van der Waals surface area contributed by atoms with Crippen LogP contribution in [0.1, 0.15) is 43.7 Å². The Balaban J connectivity index is 1.58. The summed E-state index contributed by atoms with van der Waals surface area (Å²) in [4.78, 5) is 48.2. The van der Waals surface area contributed by atoms with Crippen LogP contribution >= 0.6 is 11.8 Å². The summed E-state index contributed by atoms with van der Waals surface area (Å²) in [5.41, 5.74) is 2.95. The third-order valence-corrected chi connectivity index (χ3v) is 10.2. The molecule has 2 fully saturated rings. The fourth-order valence-electron chi connectivity index (χ4n) is 6.90. The summed E-state index contributed by atoms with van der Waals surface area (Å²) in [6.07, 6.45) is 11.3. The summed E-state index contributed by atoms with van der Waals surface area (Å²) in [7, 11) is 0. The van der Waals surface area contributed by atoms with Crippen LogP contribution in [0.3, 0.4) is 0 Å². The van der Waals surface area contributed by atoms with Crippen LogP contribution in [0.15, 0.2) is 42.5 Å². The molecule has 1 spiro atoms. The van der Waals surface area contributed by atoms with E-state index in [2.05, 4.69) is 25.2 Å². The Morgan fingerprint density at radius 2 is 1.74 bits per heavy atom. The van der Waals surface area contributed by atoms with Gasteiger partial charge in [-0.25, -0.2) is 0 Å². The van der Waals surface area contributed by atoms with E-state index in [0.717, 1.165) is 29.7 Å². The van der Waals surface area contributed by atoms with Crippen molar-refractivity contribution in [2.75, 3.05) is 37.7 Å². The summed E-state index contributed by atoms with van der Waals surface area (Å²) in [5.74, 6) is -1.18. The lowest BCUT2D eigenvalue weighted by Crippen LogP contribution is -2.53. The van der Waals surface area contributed by atoms with Crippen molar-refractivity contribution in [2.45, 2.75) is 62.5 Å². The highest BCUT2D eigenvalue weighted by molar-refractivity contribution is 8.02. The van der Waals surface area contributed by atoms with Crippen LogP contribution in [0.4, 0.5) is 5.69 Å². The number of rotatable bonds is 8. The number of fused-ring (bicyclic) bond motifs is 2. The maximum atomic E-state index is 14.6. The summed E-state index contributed by atoms with van der Waals surface area (Å²) in [5, 5.41) is 9.13. The number of benzene rings is 1. The van der Waals surface area contributed by atoms with Crippen LogP contribution in [0, 0.1) is 25.7 Å². The first kappa shape index (κ1) is 27.0. The second-order valence-corrected chi connectivity index (χ2v) is 12.4. The molecule has 0 radical (unpaired) electrons. The smallest absolute Gasteiger partial charge is 0.251 e.